The highest BCUT2D eigenvalue weighted by atomic mass is 32.1. The van der Waals surface area contributed by atoms with Gasteiger partial charge in [0.1, 0.15) is 4.92 Å². The van der Waals surface area contributed by atoms with Gasteiger partial charge in [-0.25, -0.2) is 5.43 Å². The Hall–Kier alpha value is -3.60. The Morgan fingerprint density at radius 1 is 1.16 bits per heavy atom. The number of hydrazone groups is 1. The number of benzene rings is 1. The third-order valence-corrected chi connectivity index (χ3v) is 4.20. The lowest BCUT2D eigenvalue weighted by Gasteiger charge is -1.93. The molecule has 0 unspecified atom stereocenters. The van der Waals surface area contributed by atoms with Crippen LogP contribution in [-0.2, 0) is 0 Å². The molecule has 0 aliphatic rings. The molecular formula is C14H8N4O6S. The number of furan rings is 1. The van der Waals surface area contributed by atoms with Gasteiger partial charge in [-0.2, -0.15) is 5.10 Å². The summed E-state index contributed by atoms with van der Waals surface area (Å²) in [5.41, 5.74) is 2.20. The third-order valence-electron chi connectivity index (χ3n) is 3.08. The first-order valence-corrected chi connectivity index (χ1v) is 7.51. The summed E-state index contributed by atoms with van der Waals surface area (Å²) < 4.78 is 5.58. The van der Waals surface area contributed by atoms with Crippen molar-refractivity contribution in [2.75, 3.05) is 0 Å². The average molecular weight is 360 g/mol. The molecule has 25 heavy (non-hydrogen) atoms. The number of fused-ring (bicyclic) bond motifs is 1. The van der Waals surface area contributed by atoms with Crippen LogP contribution in [0.1, 0.15) is 15.4 Å². The Morgan fingerprint density at radius 3 is 2.64 bits per heavy atom. The number of rotatable bonds is 5. The van der Waals surface area contributed by atoms with Crippen LogP contribution in [-0.4, -0.2) is 22.0 Å². The molecule has 11 heteroatoms. The van der Waals surface area contributed by atoms with Gasteiger partial charge < -0.3 is 4.42 Å². The first-order chi connectivity index (χ1) is 11.9. The van der Waals surface area contributed by atoms with E-state index in [4.69, 9.17) is 4.42 Å². The first kappa shape index (κ1) is 16.3. The molecule has 2 aromatic heterocycles. The summed E-state index contributed by atoms with van der Waals surface area (Å²) >= 11 is 1.16. The molecule has 126 valence electrons. The summed E-state index contributed by atoms with van der Waals surface area (Å²) in [4.78, 5) is 32.4. The number of nitrogens with zero attached hydrogens (tertiary/aromatic N) is 3. The van der Waals surface area contributed by atoms with Crippen LogP contribution in [0, 0.1) is 20.2 Å². The van der Waals surface area contributed by atoms with Crippen LogP contribution in [0.5, 0.6) is 0 Å². The van der Waals surface area contributed by atoms with Crippen molar-refractivity contribution < 1.29 is 19.1 Å². The lowest BCUT2D eigenvalue weighted by Crippen LogP contribution is -2.15. The van der Waals surface area contributed by atoms with Crippen LogP contribution in [0.15, 0.2) is 45.9 Å². The van der Waals surface area contributed by atoms with E-state index in [2.05, 4.69) is 10.5 Å². The van der Waals surface area contributed by atoms with Gasteiger partial charge in [0.05, 0.1) is 22.1 Å². The first-order valence-electron chi connectivity index (χ1n) is 6.69. The van der Waals surface area contributed by atoms with Crippen molar-refractivity contribution in [2.45, 2.75) is 0 Å². The van der Waals surface area contributed by atoms with Gasteiger partial charge in [-0.3, -0.25) is 25.0 Å². The van der Waals surface area contributed by atoms with Crippen molar-refractivity contribution in [3.63, 3.8) is 0 Å². The molecule has 2 heterocycles. The molecule has 1 amide bonds. The number of amides is 1. The summed E-state index contributed by atoms with van der Waals surface area (Å²) in [6, 6.07) is 8.35. The molecule has 0 aliphatic heterocycles. The van der Waals surface area contributed by atoms with Crippen molar-refractivity contribution in [2.24, 2.45) is 5.10 Å². The summed E-state index contributed by atoms with van der Waals surface area (Å²) in [5.74, 6) is -0.834. The standard InChI is InChI=1S/C14H8N4O6S/c19-14(16-15-7-10-2-4-13(24-10)18(22)23)12-6-8-5-9(17(20)21)1-3-11(8)25-12/h1-7H,(H,16,19)/b15-7-. The van der Waals surface area contributed by atoms with E-state index in [0.29, 0.717) is 10.3 Å². The van der Waals surface area contributed by atoms with Crippen LogP contribution in [0.4, 0.5) is 11.6 Å². The minimum absolute atomic E-state index is 0.0605. The van der Waals surface area contributed by atoms with E-state index >= 15 is 0 Å². The molecule has 3 rings (SSSR count). The maximum absolute atomic E-state index is 12.0. The highest BCUT2D eigenvalue weighted by molar-refractivity contribution is 7.20. The van der Waals surface area contributed by atoms with Crippen LogP contribution in [0.3, 0.4) is 0 Å². The lowest BCUT2D eigenvalue weighted by molar-refractivity contribution is -0.402. The molecular weight excluding hydrogens is 352 g/mol. The van der Waals surface area contributed by atoms with Gasteiger partial charge in [-0.05, 0) is 18.2 Å². The Bertz CT molecular complexity index is 1020. The monoisotopic (exact) mass is 360 g/mol. The molecule has 1 N–H and O–H groups in total. The summed E-state index contributed by atoms with van der Waals surface area (Å²) in [6.07, 6.45) is 1.13. The molecule has 0 bridgehead atoms. The molecule has 0 spiro atoms. The Morgan fingerprint density at radius 2 is 1.96 bits per heavy atom. The lowest BCUT2D eigenvalue weighted by atomic mass is 10.2. The maximum atomic E-state index is 12.0. The van der Waals surface area contributed by atoms with Gasteiger partial charge in [-0.15, -0.1) is 11.3 Å². The highest BCUT2D eigenvalue weighted by Crippen LogP contribution is 2.28. The van der Waals surface area contributed by atoms with Gasteiger partial charge in [0.2, 0.25) is 0 Å². The molecule has 0 saturated carbocycles. The fourth-order valence-electron chi connectivity index (χ4n) is 1.98. The van der Waals surface area contributed by atoms with E-state index in [1.807, 2.05) is 0 Å². The molecule has 3 aromatic rings. The topological polar surface area (TPSA) is 141 Å². The molecule has 0 radical (unpaired) electrons. The van der Waals surface area contributed by atoms with Crippen molar-refractivity contribution in [3.8, 4) is 0 Å². The predicted molar refractivity (Wildman–Crippen MR) is 88.9 cm³/mol. The number of hydrogen-bond donors (Lipinski definition) is 1. The fraction of sp³-hybridized carbons (Fsp3) is 0. The minimum atomic E-state index is -0.688. The van der Waals surface area contributed by atoms with E-state index in [1.165, 1.54) is 30.3 Å². The second kappa shape index (κ2) is 6.49. The number of nitro groups is 2. The number of hydrogen-bond acceptors (Lipinski definition) is 8. The summed E-state index contributed by atoms with van der Waals surface area (Å²) in [7, 11) is 0. The van der Waals surface area contributed by atoms with Crippen LogP contribution in [0.25, 0.3) is 10.1 Å². The molecule has 0 atom stereocenters. The molecule has 0 aliphatic carbocycles. The zero-order valence-electron chi connectivity index (χ0n) is 12.2. The Labute approximate surface area is 142 Å². The van der Waals surface area contributed by atoms with E-state index in [-0.39, 0.29) is 11.4 Å². The van der Waals surface area contributed by atoms with Crippen molar-refractivity contribution in [1.29, 1.82) is 0 Å². The number of nitrogens with one attached hydrogen (secondary N) is 1. The van der Waals surface area contributed by atoms with Crippen molar-refractivity contribution >= 4 is 45.1 Å². The number of carbonyl (C=O) groups excluding carboxylic acids is 1. The number of thiophene rings is 1. The SMILES string of the molecule is O=C(N/N=C\c1ccc([N+](=O)[O-])o1)c1cc2cc([N+](=O)[O-])ccc2s1. The van der Waals surface area contributed by atoms with Crippen molar-refractivity contribution in [3.05, 3.63) is 67.3 Å². The van der Waals surface area contributed by atoms with Crippen molar-refractivity contribution in [1.82, 2.24) is 5.43 Å². The number of nitro benzene ring substituents is 1. The highest BCUT2D eigenvalue weighted by Gasteiger charge is 2.13. The van der Waals surface area contributed by atoms with Gasteiger partial charge in [-0.1, -0.05) is 0 Å². The predicted octanol–water partition coefficient (Wildman–Crippen LogP) is 3.07. The maximum Gasteiger partial charge on any atom is 0.433 e. The van der Waals surface area contributed by atoms with Crippen LogP contribution in [0.2, 0.25) is 0 Å². The largest absolute Gasteiger partial charge is 0.433 e. The second-order valence-electron chi connectivity index (χ2n) is 4.72. The second-order valence-corrected chi connectivity index (χ2v) is 5.81. The van der Waals surface area contributed by atoms with E-state index in [1.54, 1.807) is 6.07 Å². The van der Waals surface area contributed by atoms with E-state index in [9.17, 15) is 25.0 Å². The molecule has 0 fully saturated rings. The van der Waals surface area contributed by atoms with Gasteiger partial charge >= 0.3 is 5.88 Å². The van der Waals surface area contributed by atoms with E-state index in [0.717, 1.165) is 22.3 Å². The minimum Gasteiger partial charge on any atom is -0.400 e. The zero-order valence-corrected chi connectivity index (χ0v) is 13.1. The Balaban J connectivity index is 1.72. The summed E-state index contributed by atoms with van der Waals surface area (Å²) in [6.45, 7) is 0. The normalized spacial score (nSPS) is 11.0. The molecule has 1 aromatic carbocycles. The van der Waals surface area contributed by atoms with Gasteiger partial charge in [0.15, 0.2) is 5.76 Å². The molecule has 0 saturated heterocycles. The number of carbonyl (C=O) groups is 1. The van der Waals surface area contributed by atoms with Crippen LogP contribution < -0.4 is 5.43 Å². The Kier molecular flexibility index (Phi) is 4.22. The van der Waals surface area contributed by atoms with Gasteiger partial charge in [0, 0.05) is 22.2 Å². The van der Waals surface area contributed by atoms with Gasteiger partial charge in [0.25, 0.3) is 11.6 Å². The smallest absolute Gasteiger partial charge is 0.400 e. The quantitative estimate of drug-likeness (QED) is 0.421. The average Bonchev–Trinajstić information content (AvgIpc) is 3.20. The summed E-state index contributed by atoms with van der Waals surface area (Å²) in [5, 5.41) is 25.5. The number of non-ortho nitro benzene ring substituents is 1. The third kappa shape index (κ3) is 3.50. The fourth-order valence-corrected chi connectivity index (χ4v) is 2.91. The van der Waals surface area contributed by atoms with E-state index < -0.39 is 21.6 Å². The molecule has 10 nitrogen and oxygen atoms in total. The van der Waals surface area contributed by atoms with Crippen LogP contribution >= 0.6 is 11.3 Å². The zero-order chi connectivity index (χ0) is 18.0.